The maximum atomic E-state index is 4.04. The lowest BCUT2D eigenvalue weighted by molar-refractivity contribution is 0.881. The van der Waals surface area contributed by atoms with Gasteiger partial charge in [0.1, 0.15) is 5.69 Å². The molecule has 4 rings (SSSR count). The predicted octanol–water partition coefficient (Wildman–Crippen LogP) is 3.43. The molecule has 4 aromatic rings. The number of hydrogen-bond acceptors (Lipinski definition) is 7. The summed E-state index contributed by atoms with van der Waals surface area (Å²) in [4.78, 5) is 4.04. The van der Waals surface area contributed by atoms with E-state index >= 15 is 0 Å². The normalized spacial score (nSPS) is 8.54. The number of rotatable bonds is 2. The lowest BCUT2D eigenvalue weighted by Crippen LogP contribution is -1.83. The van der Waals surface area contributed by atoms with Gasteiger partial charge in [-0.15, -0.1) is 20.4 Å². The summed E-state index contributed by atoms with van der Waals surface area (Å²) in [5, 5.41) is 26.9. The van der Waals surface area contributed by atoms with Crippen molar-refractivity contribution in [2.24, 2.45) is 0 Å². The average Bonchev–Trinajstić information content (AvgIpc) is 3.39. The zero-order chi connectivity index (χ0) is 17.0. The van der Waals surface area contributed by atoms with Gasteiger partial charge >= 0.3 is 0 Å². The molecule has 0 amide bonds. The number of benzene rings is 1. The molecule has 0 atom stereocenters. The van der Waals surface area contributed by atoms with Gasteiger partial charge in [-0.3, -0.25) is 4.98 Å². The van der Waals surface area contributed by atoms with Crippen LogP contribution in [0.4, 0.5) is 0 Å². The zero-order valence-electron chi connectivity index (χ0n) is 13.3. The van der Waals surface area contributed by atoms with Crippen molar-refractivity contribution in [3.05, 3.63) is 54.7 Å². The standard InChI is InChI=1S/C7H6N4.C6H5N5.C2H6.2CH4/c1-2-4-6(5-3-1)7-8-10-11-9-7;1-2-4-7-5(3-1)6-8-10-11-9-6;1-2;;/h1-5H,(H,8,9,10,11);1-4H,(H,8,9,10,11);1-2H3;2*1H4. The van der Waals surface area contributed by atoms with E-state index in [1.165, 1.54) is 0 Å². The molecule has 2 N–H and O–H groups in total. The monoisotopic (exact) mass is 355 g/mol. The van der Waals surface area contributed by atoms with E-state index < -0.39 is 0 Å². The van der Waals surface area contributed by atoms with E-state index in [1.807, 2.05) is 62.4 Å². The molecule has 138 valence electrons. The van der Waals surface area contributed by atoms with Crippen LogP contribution in [-0.4, -0.2) is 46.2 Å². The minimum atomic E-state index is 0. The molecule has 9 heteroatoms. The number of nitrogens with one attached hydrogen (secondary N) is 2. The van der Waals surface area contributed by atoms with Gasteiger partial charge in [-0.05, 0) is 22.6 Å². The van der Waals surface area contributed by atoms with Crippen molar-refractivity contribution in [2.75, 3.05) is 0 Å². The molecule has 0 saturated carbocycles. The lowest BCUT2D eigenvalue weighted by Gasteiger charge is -1.89. The highest BCUT2D eigenvalue weighted by atomic mass is 15.5. The molecule has 0 saturated heterocycles. The van der Waals surface area contributed by atoms with E-state index in [0.29, 0.717) is 11.6 Å². The van der Waals surface area contributed by atoms with Crippen molar-refractivity contribution in [2.45, 2.75) is 28.7 Å². The Kier molecular flexibility index (Phi) is 11.1. The van der Waals surface area contributed by atoms with E-state index in [1.54, 1.807) is 6.20 Å². The molecule has 1 aromatic carbocycles. The summed E-state index contributed by atoms with van der Waals surface area (Å²) in [6, 6.07) is 15.2. The van der Waals surface area contributed by atoms with E-state index in [9.17, 15) is 0 Å². The minimum Gasteiger partial charge on any atom is -0.253 e. The third-order valence-electron chi connectivity index (χ3n) is 2.62. The highest BCUT2D eigenvalue weighted by Gasteiger charge is 2.00. The minimum absolute atomic E-state index is 0. The maximum Gasteiger partial charge on any atom is 0.222 e. The van der Waals surface area contributed by atoms with Crippen LogP contribution in [0.2, 0.25) is 0 Å². The summed E-state index contributed by atoms with van der Waals surface area (Å²) in [6.07, 6.45) is 1.69. The van der Waals surface area contributed by atoms with E-state index in [2.05, 4.69) is 46.2 Å². The van der Waals surface area contributed by atoms with Crippen molar-refractivity contribution >= 4 is 0 Å². The summed E-state index contributed by atoms with van der Waals surface area (Å²) in [5.74, 6) is 1.15. The molecular formula is C17H25N9. The van der Waals surface area contributed by atoms with Crippen LogP contribution in [0.5, 0.6) is 0 Å². The first kappa shape index (κ1) is 22.5. The van der Waals surface area contributed by atoms with Crippen LogP contribution < -0.4 is 0 Å². The molecule has 0 aliphatic rings. The molecule has 0 spiro atoms. The molecule has 0 aliphatic heterocycles. The second-order valence-electron chi connectivity index (χ2n) is 4.05. The second kappa shape index (κ2) is 12.9. The van der Waals surface area contributed by atoms with Crippen LogP contribution in [0.15, 0.2) is 54.7 Å². The Morgan fingerprint density at radius 3 is 1.77 bits per heavy atom. The Morgan fingerprint density at radius 1 is 0.692 bits per heavy atom. The SMILES string of the molecule is C.C.CC.c1ccc(-c2nn[nH]n2)cc1.c1ccc(-c2nn[nH]n2)nc1. The molecule has 0 radical (unpaired) electrons. The van der Waals surface area contributed by atoms with Gasteiger partial charge in [0.25, 0.3) is 0 Å². The Morgan fingerprint density at radius 2 is 1.27 bits per heavy atom. The average molecular weight is 355 g/mol. The first-order chi connectivity index (χ1) is 11.9. The third kappa shape index (κ3) is 6.56. The molecule has 0 bridgehead atoms. The summed E-state index contributed by atoms with van der Waals surface area (Å²) in [6.45, 7) is 4.00. The van der Waals surface area contributed by atoms with Crippen molar-refractivity contribution in [3.8, 4) is 22.9 Å². The quantitative estimate of drug-likeness (QED) is 0.565. The van der Waals surface area contributed by atoms with Crippen molar-refractivity contribution in [1.29, 1.82) is 0 Å². The zero-order valence-corrected chi connectivity index (χ0v) is 13.3. The van der Waals surface area contributed by atoms with Crippen LogP contribution >= 0.6 is 0 Å². The topological polar surface area (TPSA) is 122 Å². The van der Waals surface area contributed by atoms with Crippen LogP contribution in [0, 0.1) is 0 Å². The van der Waals surface area contributed by atoms with E-state index in [4.69, 9.17) is 0 Å². The molecular weight excluding hydrogens is 330 g/mol. The van der Waals surface area contributed by atoms with Gasteiger partial charge in [-0.25, -0.2) is 0 Å². The van der Waals surface area contributed by atoms with Gasteiger partial charge in [0, 0.05) is 11.8 Å². The molecule has 0 aliphatic carbocycles. The fourth-order valence-corrected chi connectivity index (χ4v) is 1.64. The predicted molar refractivity (Wildman–Crippen MR) is 102 cm³/mol. The van der Waals surface area contributed by atoms with E-state index in [0.717, 1.165) is 11.3 Å². The summed E-state index contributed by atoms with van der Waals surface area (Å²) in [5.41, 5.74) is 1.70. The first-order valence-corrected chi connectivity index (χ1v) is 7.37. The van der Waals surface area contributed by atoms with Crippen LogP contribution in [-0.2, 0) is 0 Å². The van der Waals surface area contributed by atoms with Gasteiger partial charge in [0.2, 0.25) is 11.6 Å². The first-order valence-electron chi connectivity index (χ1n) is 7.37. The van der Waals surface area contributed by atoms with Crippen LogP contribution in [0.25, 0.3) is 22.9 Å². The fraction of sp³-hybridized carbons (Fsp3) is 0.235. The van der Waals surface area contributed by atoms with Crippen molar-refractivity contribution < 1.29 is 0 Å². The van der Waals surface area contributed by atoms with Crippen molar-refractivity contribution in [3.63, 3.8) is 0 Å². The fourth-order valence-electron chi connectivity index (χ4n) is 1.64. The smallest absolute Gasteiger partial charge is 0.222 e. The number of nitrogens with zero attached hydrogens (tertiary/aromatic N) is 7. The summed E-state index contributed by atoms with van der Waals surface area (Å²) < 4.78 is 0. The number of hydrogen-bond donors (Lipinski definition) is 2. The lowest BCUT2D eigenvalue weighted by atomic mass is 10.2. The number of H-pyrrole nitrogens is 2. The van der Waals surface area contributed by atoms with Gasteiger partial charge in [-0.2, -0.15) is 10.4 Å². The van der Waals surface area contributed by atoms with Crippen LogP contribution in [0.3, 0.4) is 0 Å². The molecule has 3 heterocycles. The number of pyridine rings is 1. The van der Waals surface area contributed by atoms with Crippen LogP contribution in [0.1, 0.15) is 28.7 Å². The van der Waals surface area contributed by atoms with Gasteiger partial charge < -0.3 is 0 Å². The van der Waals surface area contributed by atoms with E-state index in [-0.39, 0.29) is 14.9 Å². The highest BCUT2D eigenvalue weighted by Crippen LogP contribution is 2.10. The maximum absolute atomic E-state index is 4.04. The Hall–Kier alpha value is -3.49. The molecule has 0 fully saturated rings. The third-order valence-corrected chi connectivity index (χ3v) is 2.62. The highest BCUT2D eigenvalue weighted by molar-refractivity contribution is 5.52. The van der Waals surface area contributed by atoms with Crippen molar-refractivity contribution in [1.82, 2.24) is 46.2 Å². The number of aromatic nitrogens is 9. The molecule has 0 unspecified atom stereocenters. The molecule has 26 heavy (non-hydrogen) atoms. The largest absolute Gasteiger partial charge is 0.253 e. The number of aromatic amines is 2. The van der Waals surface area contributed by atoms with Gasteiger partial charge in [0.05, 0.1) is 0 Å². The molecule has 3 aromatic heterocycles. The molecule has 9 nitrogen and oxygen atoms in total. The summed E-state index contributed by atoms with van der Waals surface area (Å²) in [7, 11) is 0. The van der Waals surface area contributed by atoms with Gasteiger partial charge in [-0.1, -0.05) is 65.1 Å². The summed E-state index contributed by atoms with van der Waals surface area (Å²) >= 11 is 0. The Labute approximate surface area is 153 Å². The Bertz CT molecular complexity index is 700. The number of tetrazole rings is 2. The van der Waals surface area contributed by atoms with Gasteiger partial charge in [0.15, 0.2) is 0 Å². The Balaban J connectivity index is 0.000000410. The second-order valence-corrected chi connectivity index (χ2v) is 4.05.